The molecule has 0 bridgehead atoms. The Morgan fingerprint density at radius 1 is 1.35 bits per heavy atom. The summed E-state index contributed by atoms with van der Waals surface area (Å²) in [5, 5.41) is 3.31. The van der Waals surface area contributed by atoms with Crippen molar-refractivity contribution < 1.29 is 13.5 Å². The quantitative estimate of drug-likeness (QED) is 0.853. The van der Waals surface area contributed by atoms with Gasteiger partial charge >= 0.3 is 0 Å². The van der Waals surface area contributed by atoms with Crippen LogP contribution in [0.2, 0.25) is 0 Å². The molecule has 1 heterocycles. The Hall–Kier alpha value is -1.00. The minimum atomic E-state index is -0.782. The minimum Gasteiger partial charge on any atom is -0.378 e. The number of rotatable bonds is 6. The zero-order valence-electron chi connectivity index (χ0n) is 12.0. The fraction of sp³-hybridized carbons (Fsp3) is 0.625. The lowest BCUT2D eigenvalue weighted by Gasteiger charge is -2.28. The molecule has 4 heteroatoms. The SMILES string of the molecule is CCCNC(CC1CCCCO1)c1cccc(F)c1F. The lowest BCUT2D eigenvalue weighted by atomic mass is 9.96. The molecule has 0 aromatic heterocycles. The molecule has 1 aliphatic rings. The van der Waals surface area contributed by atoms with Crippen LogP contribution in [0.1, 0.15) is 50.6 Å². The van der Waals surface area contributed by atoms with Gasteiger partial charge in [-0.05, 0) is 44.7 Å². The number of hydrogen-bond donors (Lipinski definition) is 1. The van der Waals surface area contributed by atoms with Gasteiger partial charge in [0.1, 0.15) is 0 Å². The Balaban J connectivity index is 2.11. The summed E-state index contributed by atoms with van der Waals surface area (Å²) in [6, 6.07) is 4.20. The molecule has 0 amide bonds. The third-order valence-corrected chi connectivity index (χ3v) is 3.77. The molecule has 1 fully saturated rings. The second-order valence-corrected chi connectivity index (χ2v) is 5.37. The fourth-order valence-corrected chi connectivity index (χ4v) is 2.68. The summed E-state index contributed by atoms with van der Waals surface area (Å²) < 4.78 is 33.1. The highest BCUT2D eigenvalue weighted by atomic mass is 19.2. The van der Waals surface area contributed by atoms with E-state index < -0.39 is 11.6 Å². The predicted molar refractivity (Wildman–Crippen MR) is 75.6 cm³/mol. The van der Waals surface area contributed by atoms with Gasteiger partial charge in [-0.15, -0.1) is 0 Å². The molecule has 1 aromatic carbocycles. The van der Waals surface area contributed by atoms with Crippen LogP contribution in [-0.4, -0.2) is 19.3 Å². The van der Waals surface area contributed by atoms with Crippen molar-refractivity contribution >= 4 is 0 Å². The van der Waals surface area contributed by atoms with E-state index in [4.69, 9.17) is 4.74 Å². The van der Waals surface area contributed by atoms with Gasteiger partial charge in [-0.1, -0.05) is 19.1 Å². The van der Waals surface area contributed by atoms with Crippen molar-refractivity contribution in [3.63, 3.8) is 0 Å². The summed E-state index contributed by atoms with van der Waals surface area (Å²) in [4.78, 5) is 0. The van der Waals surface area contributed by atoms with E-state index in [0.29, 0.717) is 12.0 Å². The average molecular weight is 283 g/mol. The minimum absolute atomic E-state index is 0.140. The van der Waals surface area contributed by atoms with Gasteiger partial charge in [0, 0.05) is 18.2 Å². The summed E-state index contributed by atoms with van der Waals surface area (Å²) in [6.07, 6.45) is 5.04. The van der Waals surface area contributed by atoms with Gasteiger partial charge in [0.15, 0.2) is 11.6 Å². The molecular formula is C16H23F2NO. The standard InChI is InChI=1S/C16H23F2NO/c1-2-9-19-15(11-12-6-3-4-10-20-12)13-7-5-8-14(17)16(13)18/h5,7-8,12,15,19H,2-4,6,9-11H2,1H3. The van der Waals surface area contributed by atoms with Crippen molar-refractivity contribution in [3.05, 3.63) is 35.4 Å². The lowest BCUT2D eigenvalue weighted by molar-refractivity contribution is 0.00482. The third kappa shape index (κ3) is 4.00. The first-order valence-corrected chi connectivity index (χ1v) is 7.51. The molecule has 0 aliphatic carbocycles. The Bertz CT molecular complexity index is 419. The van der Waals surface area contributed by atoms with Gasteiger partial charge in [-0.3, -0.25) is 0 Å². The molecule has 1 N–H and O–H groups in total. The van der Waals surface area contributed by atoms with E-state index in [1.54, 1.807) is 12.1 Å². The van der Waals surface area contributed by atoms with Gasteiger partial charge in [0.05, 0.1) is 6.10 Å². The summed E-state index contributed by atoms with van der Waals surface area (Å²) in [6.45, 7) is 3.62. The largest absolute Gasteiger partial charge is 0.378 e. The average Bonchev–Trinajstić information content (AvgIpc) is 2.48. The second kappa shape index (κ2) is 7.70. The number of halogens is 2. The van der Waals surface area contributed by atoms with Crippen LogP contribution in [0.4, 0.5) is 8.78 Å². The summed E-state index contributed by atoms with van der Waals surface area (Å²) in [5.41, 5.74) is 0.410. The summed E-state index contributed by atoms with van der Waals surface area (Å²) in [5.74, 6) is -1.52. The van der Waals surface area contributed by atoms with Crippen LogP contribution in [0.5, 0.6) is 0 Å². The first-order chi connectivity index (χ1) is 9.72. The van der Waals surface area contributed by atoms with Crippen LogP contribution in [0.3, 0.4) is 0 Å². The van der Waals surface area contributed by atoms with Gasteiger partial charge in [-0.25, -0.2) is 8.78 Å². The molecule has 20 heavy (non-hydrogen) atoms. The van der Waals surface area contributed by atoms with Crippen LogP contribution in [0.15, 0.2) is 18.2 Å². The zero-order valence-corrected chi connectivity index (χ0v) is 12.0. The molecule has 112 valence electrons. The van der Waals surface area contributed by atoms with Crippen molar-refractivity contribution in [3.8, 4) is 0 Å². The maximum atomic E-state index is 14.0. The van der Waals surface area contributed by atoms with E-state index >= 15 is 0 Å². The van der Waals surface area contributed by atoms with Gasteiger partial charge in [0.2, 0.25) is 0 Å². The van der Waals surface area contributed by atoms with E-state index in [0.717, 1.165) is 44.9 Å². The topological polar surface area (TPSA) is 21.3 Å². The number of benzene rings is 1. The smallest absolute Gasteiger partial charge is 0.163 e. The highest BCUT2D eigenvalue weighted by Crippen LogP contribution is 2.27. The van der Waals surface area contributed by atoms with Crippen molar-refractivity contribution in [1.82, 2.24) is 5.32 Å². The first-order valence-electron chi connectivity index (χ1n) is 7.51. The number of nitrogens with one attached hydrogen (secondary N) is 1. The monoisotopic (exact) mass is 283 g/mol. The molecule has 0 radical (unpaired) electrons. The van der Waals surface area contributed by atoms with E-state index in [1.165, 1.54) is 0 Å². The van der Waals surface area contributed by atoms with Gasteiger partial charge in [-0.2, -0.15) is 0 Å². The van der Waals surface area contributed by atoms with Crippen LogP contribution in [0.25, 0.3) is 0 Å². The molecule has 2 nitrogen and oxygen atoms in total. The van der Waals surface area contributed by atoms with Crippen LogP contribution in [0, 0.1) is 11.6 Å². The van der Waals surface area contributed by atoms with E-state index in [-0.39, 0.29) is 12.1 Å². The van der Waals surface area contributed by atoms with Crippen molar-refractivity contribution in [2.45, 2.75) is 51.2 Å². The highest BCUT2D eigenvalue weighted by Gasteiger charge is 2.23. The fourth-order valence-electron chi connectivity index (χ4n) is 2.68. The molecule has 1 aliphatic heterocycles. The number of ether oxygens (including phenoxy) is 1. The molecule has 0 spiro atoms. The molecule has 1 aromatic rings. The molecule has 1 saturated heterocycles. The lowest BCUT2D eigenvalue weighted by Crippen LogP contribution is -2.30. The van der Waals surface area contributed by atoms with Gasteiger partial charge in [0.25, 0.3) is 0 Å². The van der Waals surface area contributed by atoms with Crippen LogP contribution >= 0.6 is 0 Å². The summed E-state index contributed by atoms with van der Waals surface area (Å²) >= 11 is 0. The van der Waals surface area contributed by atoms with Crippen molar-refractivity contribution in [1.29, 1.82) is 0 Å². The molecule has 2 rings (SSSR count). The van der Waals surface area contributed by atoms with E-state index in [9.17, 15) is 8.78 Å². The molecule has 2 atom stereocenters. The number of hydrogen-bond acceptors (Lipinski definition) is 2. The predicted octanol–water partition coefficient (Wildman–Crippen LogP) is 3.96. The first kappa shape index (κ1) is 15.4. The Labute approximate surface area is 119 Å². The van der Waals surface area contributed by atoms with Crippen molar-refractivity contribution in [2.24, 2.45) is 0 Å². The molecule has 0 saturated carbocycles. The zero-order chi connectivity index (χ0) is 14.4. The second-order valence-electron chi connectivity index (χ2n) is 5.37. The van der Waals surface area contributed by atoms with Crippen LogP contribution < -0.4 is 5.32 Å². The van der Waals surface area contributed by atoms with Gasteiger partial charge < -0.3 is 10.1 Å². The maximum Gasteiger partial charge on any atom is 0.163 e. The maximum absolute atomic E-state index is 14.0. The Morgan fingerprint density at radius 3 is 2.90 bits per heavy atom. The van der Waals surface area contributed by atoms with E-state index in [1.807, 2.05) is 0 Å². The molecular weight excluding hydrogens is 260 g/mol. The third-order valence-electron chi connectivity index (χ3n) is 3.77. The molecule has 2 unspecified atom stereocenters. The normalized spacial score (nSPS) is 20.9. The van der Waals surface area contributed by atoms with Crippen molar-refractivity contribution in [2.75, 3.05) is 13.2 Å². The summed E-state index contributed by atoms with van der Waals surface area (Å²) in [7, 11) is 0. The Morgan fingerprint density at radius 2 is 2.20 bits per heavy atom. The van der Waals surface area contributed by atoms with E-state index in [2.05, 4.69) is 12.2 Å². The highest BCUT2D eigenvalue weighted by molar-refractivity contribution is 5.22. The van der Waals surface area contributed by atoms with Crippen LogP contribution in [-0.2, 0) is 4.74 Å². The Kier molecular flexibility index (Phi) is 5.92.